The molecule has 0 aliphatic carbocycles. The van der Waals surface area contributed by atoms with Gasteiger partial charge >= 0.3 is 0 Å². The molecule has 0 amide bonds. The van der Waals surface area contributed by atoms with E-state index in [1.165, 1.54) is 29.8 Å². The molecule has 0 bridgehead atoms. The standard InChI is InChI=1S/C24H21N3O/c1-14-12-20(25-13-15(14)2)18-7-5-6-16-17-9-10-19-22(24(17)28-23(16)18)27-11-4-3-8-21(27)26-19/h5-7,9-10,12-13H,3-4,8,11H2,1-2H3. The van der Waals surface area contributed by atoms with Crippen molar-refractivity contribution < 1.29 is 4.42 Å². The largest absolute Gasteiger partial charge is 0.453 e. The minimum absolute atomic E-state index is 0.909. The average Bonchev–Trinajstić information content (AvgIpc) is 3.27. The summed E-state index contributed by atoms with van der Waals surface area (Å²) in [6.45, 7) is 5.24. The predicted molar refractivity (Wildman–Crippen MR) is 113 cm³/mol. The Morgan fingerprint density at radius 1 is 0.964 bits per heavy atom. The van der Waals surface area contributed by atoms with Crippen molar-refractivity contribution >= 4 is 33.0 Å². The third-order valence-electron chi connectivity index (χ3n) is 6.13. The van der Waals surface area contributed by atoms with Crippen LogP contribution in [0.25, 0.3) is 44.2 Å². The van der Waals surface area contributed by atoms with Crippen molar-refractivity contribution in [1.29, 1.82) is 0 Å². The van der Waals surface area contributed by atoms with E-state index >= 15 is 0 Å². The van der Waals surface area contributed by atoms with Crippen LogP contribution in [0, 0.1) is 13.8 Å². The van der Waals surface area contributed by atoms with Crippen LogP contribution in [0.15, 0.2) is 47.0 Å². The van der Waals surface area contributed by atoms with Crippen LogP contribution in [-0.2, 0) is 13.0 Å². The fourth-order valence-corrected chi connectivity index (χ4v) is 4.47. The molecule has 0 saturated carbocycles. The van der Waals surface area contributed by atoms with E-state index in [1.807, 2.05) is 6.20 Å². The maximum atomic E-state index is 6.54. The normalized spacial score (nSPS) is 14.2. The van der Waals surface area contributed by atoms with E-state index in [2.05, 4.69) is 59.8 Å². The highest BCUT2D eigenvalue weighted by molar-refractivity contribution is 6.15. The molecule has 138 valence electrons. The first-order chi connectivity index (χ1) is 13.7. The number of benzene rings is 2. The summed E-state index contributed by atoms with van der Waals surface area (Å²) in [6, 6.07) is 12.8. The van der Waals surface area contributed by atoms with E-state index in [0.29, 0.717) is 0 Å². The number of rotatable bonds is 1. The third-order valence-corrected chi connectivity index (χ3v) is 6.13. The van der Waals surface area contributed by atoms with Crippen LogP contribution < -0.4 is 0 Å². The Hall–Kier alpha value is -3.14. The second kappa shape index (κ2) is 5.68. The van der Waals surface area contributed by atoms with Crippen molar-refractivity contribution in [2.75, 3.05) is 0 Å². The zero-order chi connectivity index (χ0) is 18.8. The molecule has 4 heteroatoms. The lowest BCUT2D eigenvalue weighted by molar-refractivity contribution is 0.531. The summed E-state index contributed by atoms with van der Waals surface area (Å²) in [4.78, 5) is 9.54. The maximum Gasteiger partial charge on any atom is 0.161 e. The van der Waals surface area contributed by atoms with Gasteiger partial charge in [0.1, 0.15) is 16.9 Å². The second-order valence-corrected chi connectivity index (χ2v) is 7.88. The molecule has 1 aliphatic heterocycles. The quantitative estimate of drug-likeness (QED) is 0.368. The van der Waals surface area contributed by atoms with Gasteiger partial charge in [0.25, 0.3) is 0 Å². The first-order valence-electron chi connectivity index (χ1n) is 9.97. The van der Waals surface area contributed by atoms with E-state index in [4.69, 9.17) is 9.40 Å². The summed E-state index contributed by atoms with van der Waals surface area (Å²) >= 11 is 0. The van der Waals surface area contributed by atoms with Crippen molar-refractivity contribution in [2.45, 2.75) is 39.7 Å². The Bertz CT molecular complexity index is 1390. The zero-order valence-electron chi connectivity index (χ0n) is 16.1. The van der Waals surface area contributed by atoms with Gasteiger partial charge in [-0.05, 0) is 62.1 Å². The molecule has 0 fully saturated rings. The van der Waals surface area contributed by atoms with Crippen molar-refractivity contribution in [3.05, 3.63) is 59.5 Å². The minimum atomic E-state index is 0.909. The van der Waals surface area contributed by atoms with Crippen LogP contribution in [0.3, 0.4) is 0 Å². The topological polar surface area (TPSA) is 43.9 Å². The second-order valence-electron chi connectivity index (χ2n) is 7.88. The van der Waals surface area contributed by atoms with Crippen LogP contribution in [0.2, 0.25) is 0 Å². The SMILES string of the molecule is Cc1cnc(-c2cccc3c2oc2c3ccc3nc4n(c32)CCCC4)cc1C. The van der Waals surface area contributed by atoms with E-state index < -0.39 is 0 Å². The zero-order valence-corrected chi connectivity index (χ0v) is 16.1. The summed E-state index contributed by atoms with van der Waals surface area (Å²) in [5.41, 5.74) is 8.48. The first kappa shape index (κ1) is 15.9. The Morgan fingerprint density at radius 2 is 1.86 bits per heavy atom. The highest BCUT2D eigenvalue weighted by atomic mass is 16.3. The first-order valence-corrected chi connectivity index (χ1v) is 9.97. The summed E-state index contributed by atoms with van der Waals surface area (Å²) in [5, 5.41) is 2.29. The predicted octanol–water partition coefficient (Wildman–Crippen LogP) is 5.95. The number of aromatic nitrogens is 3. The third kappa shape index (κ3) is 2.12. The smallest absolute Gasteiger partial charge is 0.161 e. The lowest BCUT2D eigenvalue weighted by atomic mass is 10.0. The molecule has 0 N–H and O–H groups in total. The average molecular weight is 367 g/mol. The number of hydrogen-bond acceptors (Lipinski definition) is 3. The summed E-state index contributed by atoms with van der Waals surface area (Å²) in [6.07, 6.45) is 5.41. The number of fused-ring (bicyclic) bond motifs is 7. The fraction of sp³-hybridized carbons (Fsp3) is 0.250. The molecule has 6 rings (SSSR count). The highest BCUT2D eigenvalue weighted by Crippen LogP contribution is 2.39. The summed E-state index contributed by atoms with van der Waals surface area (Å²) in [7, 11) is 0. The monoisotopic (exact) mass is 367 g/mol. The Morgan fingerprint density at radius 3 is 2.75 bits per heavy atom. The van der Waals surface area contributed by atoms with Gasteiger partial charge in [0.15, 0.2) is 5.58 Å². The Balaban J connectivity index is 1.70. The van der Waals surface area contributed by atoms with Crippen LogP contribution in [0.5, 0.6) is 0 Å². The molecule has 5 aromatic rings. The lowest BCUT2D eigenvalue weighted by Gasteiger charge is -2.13. The maximum absolute atomic E-state index is 6.54. The molecule has 0 saturated heterocycles. The van der Waals surface area contributed by atoms with Gasteiger partial charge in [-0.3, -0.25) is 4.98 Å². The van der Waals surface area contributed by atoms with Crippen LogP contribution in [-0.4, -0.2) is 14.5 Å². The lowest BCUT2D eigenvalue weighted by Crippen LogP contribution is -2.10. The van der Waals surface area contributed by atoms with Gasteiger partial charge in [-0.25, -0.2) is 4.98 Å². The molecular weight excluding hydrogens is 346 g/mol. The van der Waals surface area contributed by atoms with Crippen LogP contribution in [0.4, 0.5) is 0 Å². The Kier molecular flexibility index (Phi) is 3.22. The van der Waals surface area contributed by atoms with Gasteiger partial charge in [-0.1, -0.05) is 12.1 Å². The molecule has 4 heterocycles. The number of aryl methyl sites for hydroxylation is 4. The van der Waals surface area contributed by atoms with Gasteiger partial charge in [-0.2, -0.15) is 0 Å². The molecule has 0 atom stereocenters. The number of furan rings is 1. The van der Waals surface area contributed by atoms with Crippen molar-refractivity contribution in [3.8, 4) is 11.3 Å². The molecule has 0 radical (unpaired) electrons. The van der Waals surface area contributed by atoms with Gasteiger partial charge in [-0.15, -0.1) is 0 Å². The molecular formula is C24H21N3O. The van der Waals surface area contributed by atoms with Crippen LogP contribution >= 0.6 is 0 Å². The molecule has 0 spiro atoms. The number of nitrogens with zero attached hydrogens (tertiary/aromatic N) is 3. The van der Waals surface area contributed by atoms with Crippen molar-refractivity contribution in [3.63, 3.8) is 0 Å². The molecule has 0 unspecified atom stereocenters. The van der Waals surface area contributed by atoms with Gasteiger partial charge in [0.05, 0.1) is 11.2 Å². The molecule has 3 aromatic heterocycles. The number of para-hydroxylation sites is 1. The van der Waals surface area contributed by atoms with Crippen molar-refractivity contribution in [2.24, 2.45) is 0 Å². The highest BCUT2D eigenvalue weighted by Gasteiger charge is 2.21. The summed E-state index contributed by atoms with van der Waals surface area (Å²) in [5.74, 6) is 1.19. The molecule has 1 aliphatic rings. The molecule has 28 heavy (non-hydrogen) atoms. The van der Waals surface area contributed by atoms with Gasteiger partial charge in [0.2, 0.25) is 0 Å². The van der Waals surface area contributed by atoms with E-state index in [0.717, 1.165) is 57.2 Å². The van der Waals surface area contributed by atoms with Crippen molar-refractivity contribution in [1.82, 2.24) is 14.5 Å². The molecule has 2 aromatic carbocycles. The number of hydrogen-bond donors (Lipinski definition) is 0. The van der Waals surface area contributed by atoms with E-state index in [-0.39, 0.29) is 0 Å². The van der Waals surface area contributed by atoms with Gasteiger partial charge in [0, 0.05) is 35.5 Å². The minimum Gasteiger partial charge on any atom is -0.453 e. The van der Waals surface area contributed by atoms with Gasteiger partial charge < -0.3 is 8.98 Å². The molecule has 4 nitrogen and oxygen atoms in total. The van der Waals surface area contributed by atoms with Crippen LogP contribution in [0.1, 0.15) is 29.8 Å². The summed E-state index contributed by atoms with van der Waals surface area (Å²) < 4.78 is 8.90. The van der Waals surface area contributed by atoms with E-state index in [9.17, 15) is 0 Å². The Labute approximate surface area is 162 Å². The number of pyridine rings is 1. The van der Waals surface area contributed by atoms with E-state index in [1.54, 1.807) is 0 Å². The fourth-order valence-electron chi connectivity index (χ4n) is 4.47. The number of imidazole rings is 1.